The highest BCUT2D eigenvalue weighted by atomic mass is 79.9. The third kappa shape index (κ3) is 2.75. The van der Waals surface area contributed by atoms with Crippen molar-refractivity contribution in [1.29, 1.82) is 0 Å². The lowest BCUT2D eigenvalue weighted by molar-refractivity contribution is -0.386. The lowest BCUT2D eigenvalue weighted by Crippen LogP contribution is -2.13. The number of halogens is 5. The number of carbonyl (C=O) groups is 1. The molecule has 0 aliphatic carbocycles. The summed E-state index contributed by atoms with van der Waals surface area (Å²) in [5.41, 5.74) is -3.08. The summed E-state index contributed by atoms with van der Waals surface area (Å²) >= 11 is 7.45. The molecule has 1 aromatic carbocycles. The Kier molecular flexibility index (Phi) is 3.78. The normalized spacial score (nSPS) is 11.4. The van der Waals surface area contributed by atoms with E-state index in [1.54, 1.807) is 0 Å². The second-order valence-corrected chi connectivity index (χ2v) is 3.99. The third-order valence-corrected chi connectivity index (χ3v) is 2.82. The first-order chi connectivity index (χ1) is 7.66. The van der Waals surface area contributed by atoms with Crippen molar-refractivity contribution in [1.82, 2.24) is 0 Å². The van der Waals surface area contributed by atoms with Crippen LogP contribution in [0, 0.1) is 10.1 Å². The summed E-state index contributed by atoms with van der Waals surface area (Å²) in [6, 6.07) is 1.44. The van der Waals surface area contributed by atoms with Gasteiger partial charge >= 0.3 is 6.18 Å². The van der Waals surface area contributed by atoms with E-state index < -0.39 is 37.6 Å². The molecule has 0 bridgehead atoms. The lowest BCUT2D eigenvalue weighted by atomic mass is 10.1. The van der Waals surface area contributed by atoms with E-state index in [2.05, 4.69) is 15.9 Å². The van der Waals surface area contributed by atoms with Gasteiger partial charge in [0.15, 0.2) is 0 Å². The fourth-order valence-corrected chi connectivity index (χ4v) is 2.02. The highest BCUT2D eigenvalue weighted by Crippen LogP contribution is 2.42. The van der Waals surface area contributed by atoms with E-state index in [1.165, 1.54) is 0 Å². The quantitative estimate of drug-likeness (QED) is 0.471. The number of nitro groups is 1. The Balaban J connectivity index is 3.65. The van der Waals surface area contributed by atoms with Gasteiger partial charge in [-0.15, -0.1) is 0 Å². The molecule has 9 heteroatoms. The van der Waals surface area contributed by atoms with Crippen molar-refractivity contribution in [2.45, 2.75) is 6.18 Å². The van der Waals surface area contributed by atoms with Crippen molar-refractivity contribution in [3.63, 3.8) is 0 Å². The Bertz CT molecular complexity index is 504. The van der Waals surface area contributed by atoms with E-state index in [9.17, 15) is 28.1 Å². The highest BCUT2D eigenvalue weighted by molar-refractivity contribution is 9.10. The van der Waals surface area contributed by atoms with Gasteiger partial charge in [0.25, 0.3) is 10.9 Å². The summed E-state index contributed by atoms with van der Waals surface area (Å²) in [4.78, 5) is 20.3. The zero-order chi connectivity index (χ0) is 13.4. The van der Waals surface area contributed by atoms with Gasteiger partial charge < -0.3 is 0 Å². The molecular formula is C8H2BrClF3NO3. The average Bonchev–Trinajstić information content (AvgIpc) is 2.14. The number of nitro benzene ring substituents is 1. The molecule has 0 amide bonds. The van der Waals surface area contributed by atoms with Gasteiger partial charge in [-0.1, -0.05) is 0 Å². The van der Waals surface area contributed by atoms with Crippen LogP contribution < -0.4 is 0 Å². The van der Waals surface area contributed by atoms with Crippen LogP contribution in [0.5, 0.6) is 0 Å². The SMILES string of the molecule is O=C(Cl)c1ccc([N+](=O)[O-])c(Br)c1C(F)(F)F. The van der Waals surface area contributed by atoms with E-state index in [0.717, 1.165) is 6.07 Å². The predicted octanol–water partition coefficient (Wildman–Crippen LogP) is 3.76. The lowest BCUT2D eigenvalue weighted by Gasteiger charge is -2.12. The van der Waals surface area contributed by atoms with E-state index >= 15 is 0 Å². The Morgan fingerprint density at radius 1 is 1.41 bits per heavy atom. The van der Waals surface area contributed by atoms with Crippen LogP contribution in [0.3, 0.4) is 0 Å². The Morgan fingerprint density at radius 2 is 1.94 bits per heavy atom. The largest absolute Gasteiger partial charge is 0.418 e. The number of alkyl halides is 3. The molecule has 0 aliphatic rings. The molecule has 0 aromatic heterocycles. The van der Waals surface area contributed by atoms with Crippen LogP contribution in [0.25, 0.3) is 0 Å². The first kappa shape index (κ1) is 13.9. The summed E-state index contributed by atoms with van der Waals surface area (Å²) in [6.45, 7) is 0. The first-order valence-corrected chi connectivity index (χ1v) is 5.07. The van der Waals surface area contributed by atoms with Crippen LogP contribution in [0.1, 0.15) is 15.9 Å². The van der Waals surface area contributed by atoms with E-state index in [0.29, 0.717) is 6.07 Å². The fourth-order valence-electron chi connectivity index (χ4n) is 1.15. The van der Waals surface area contributed by atoms with Crippen LogP contribution >= 0.6 is 27.5 Å². The Morgan fingerprint density at radius 3 is 2.29 bits per heavy atom. The van der Waals surface area contributed by atoms with Crippen LogP contribution in [0.2, 0.25) is 0 Å². The second kappa shape index (κ2) is 4.61. The molecule has 4 nitrogen and oxygen atoms in total. The van der Waals surface area contributed by atoms with Crippen molar-refractivity contribution in [2.75, 3.05) is 0 Å². The molecule has 92 valence electrons. The average molecular weight is 332 g/mol. The van der Waals surface area contributed by atoms with Crippen molar-refractivity contribution in [3.05, 3.63) is 37.8 Å². The number of hydrogen-bond acceptors (Lipinski definition) is 3. The van der Waals surface area contributed by atoms with E-state index in [1.807, 2.05) is 0 Å². The van der Waals surface area contributed by atoms with E-state index in [-0.39, 0.29) is 0 Å². The van der Waals surface area contributed by atoms with Crippen LogP contribution in [-0.4, -0.2) is 10.2 Å². The maximum absolute atomic E-state index is 12.6. The van der Waals surface area contributed by atoms with Crippen molar-refractivity contribution in [2.24, 2.45) is 0 Å². The number of hydrogen-bond donors (Lipinski definition) is 0. The van der Waals surface area contributed by atoms with Gasteiger partial charge in [-0.2, -0.15) is 13.2 Å². The molecule has 0 heterocycles. The number of carbonyl (C=O) groups excluding carboxylic acids is 1. The van der Waals surface area contributed by atoms with Crippen molar-refractivity contribution >= 4 is 38.5 Å². The molecule has 0 aliphatic heterocycles. The summed E-state index contributed by atoms with van der Waals surface area (Å²) in [6.07, 6.45) is -4.93. The molecule has 0 radical (unpaired) electrons. The minimum absolute atomic E-state index is 0.668. The first-order valence-electron chi connectivity index (χ1n) is 3.90. The van der Waals surface area contributed by atoms with Crippen LogP contribution in [0.4, 0.5) is 18.9 Å². The van der Waals surface area contributed by atoms with Gasteiger partial charge in [0, 0.05) is 11.6 Å². The molecular weight excluding hydrogens is 330 g/mol. The molecule has 0 spiro atoms. The van der Waals surface area contributed by atoms with Gasteiger partial charge in [0.05, 0.1) is 10.5 Å². The van der Waals surface area contributed by atoms with Crippen molar-refractivity contribution in [3.8, 4) is 0 Å². The topological polar surface area (TPSA) is 60.2 Å². The highest BCUT2D eigenvalue weighted by Gasteiger charge is 2.40. The molecule has 0 N–H and O–H groups in total. The van der Waals surface area contributed by atoms with Crippen LogP contribution in [-0.2, 0) is 6.18 Å². The minimum atomic E-state index is -4.93. The molecule has 0 saturated heterocycles. The standard InChI is InChI=1S/C8H2BrClF3NO3/c9-6-4(14(16)17)2-1-3(7(10)15)5(6)8(11,12)13/h1-2H. The third-order valence-electron chi connectivity index (χ3n) is 1.81. The summed E-state index contributed by atoms with van der Waals surface area (Å²) in [5, 5.41) is 9.13. The van der Waals surface area contributed by atoms with Gasteiger partial charge in [-0.05, 0) is 33.6 Å². The zero-order valence-electron chi connectivity index (χ0n) is 7.72. The molecule has 17 heavy (non-hydrogen) atoms. The maximum atomic E-state index is 12.6. The van der Waals surface area contributed by atoms with Gasteiger partial charge in [-0.25, -0.2) is 0 Å². The molecule has 0 unspecified atom stereocenters. The van der Waals surface area contributed by atoms with Crippen LogP contribution in [0.15, 0.2) is 16.6 Å². The Hall–Kier alpha value is -1.15. The molecule has 1 rings (SSSR count). The predicted molar refractivity (Wildman–Crippen MR) is 56.0 cm³/mol. The minimum Gasteiger partial charge on any atom is -0.276 e. The molecule has 0 saturated carbocycles. The van der Waals surface area contributed by atoms with Gasteiger partial charge in [0.2, 0.25) is 0 Å². The number of nitrogens with zero attached hydrogens (tertiary/aromatic N) is 1. The zero-order valence-corrected chi connectivity index (χ0v) is 10.1. The second-order valence-electron chi connectivity index (χ2n) is 2.85. The molecule has 1 aromatic rings. The van der Waals surface area contributed by atoms with Gasteiger partial charge in [-0.3, -0.25) is 14.9 Å². The number of benzene rings is 1. The molecule has 0 atom stereocenters. The molecule has 0 fully saturated rings. The smallest absolute Gasteiger partial charge is 0.276 e. The monoisotopic (exact) mass is 331 g/mol. The Labute approximate surface area is 106 Å². The summed E-state index contributed by atoms with van der Waals surface area (Å²) in [7, 11) is 0. The van der Waals surface area contributed by atoms with Crippen molar-refractivity contribution < 1.29 is 22.9 Å². The van der Waals surface area contributed by atoms with Gasteiger partial charge in [0.1, 0.15) is 4.47 Å². The summed E-state index contributed by atoms with van der Waals surface area (Å²) < 4.78 is 37.1. The summed E-state index contributed by atoms with van der Waals surface area (Å²) in [5.74, 6) is 0. The maximum Gasteiger partial charge on any atom is 0.418 e. The van der Waals surface area contributed by atoms with E-state index in [4.69, 9.17) is 11.6 Å². The fraction of sp³-hybridized carbons (Fsp3) is 0.125. The number of rotatable bonds is 2.